The molecule has 48 heavy (non-hydrogen) atoms. The maximum atomic E-state index is 14.3. The summed E-state index contributed by atoms with van der Waals surface area (Å²) in [6, 6.07) is 0.729. The van der Waals surface area contributed by atoms with Crippen molar-refractivity contribution in [2.75, 3.05) is 39.3 Å². The van der Waals surface area contributed by atoms with Gasteiger partial charge in [-0.15, -0.1) is 0 Å². The van der Waals surface area contributed by atoms with E-state index in [0.29, 0.717) is 19.4 Å². The molecule has 0 radical (unpaired) electrons. The minimum Gasteiger partial charge on any atom is -0.483 e. The molecule has 0 bridgehead atoms. The summed E-state index contributed by atoms with van der Waals surface area (Å²) in [6.07, 6.45) is 1.97. The number of carboxylic acids is 1. The highest BCUT2D eigenvalue weighted by atomic mass is 19.2. The number of hydrogen-bond donors (Lipinski definition) is 4. The van der Waals surface area contributed by atoms with Gasteiger partial charge in [-0.3, -0.25) is 24.0 Å². The van der Waals surface area contributed by atoms with Gasteiger partial charge >= 0.3 is 12.1 Å². The van der Waals surface area contributed by atoms with Crippen LogP contribution in [0.15, 0.2) is 18.2 Å². The van der Waals surface area contributed by atoms with Gasteiger partial charge in [0, 0.05) is 62.7 Å². The number of rotatable bonds is 11. The van der Waals surface area contributed by atoms with Crippen LogP contribution in [0, 0.1) is 11.6 Å². The highest BCUT2D eigenvalue weighted by Crippen LogP contribution is 2.29. The Bertz CT molecular complexity index is 1610. The SMILES string of the molecule is O=C(O)CC[C@H](NC(=O)c1cc(OCC(=O)N2CCC[C@H]2C(=O)NC2CCC2)c2cc(F)c(F)cc2n1)C(=O)N1CCN(C(=O)O)CC1. The molecule has 2 atom stereocenters. The van der Waals surface area contributed by atoms with Crippen molar-refractivity contribution in [2.45, 2.75) is 63.1 Å². The predicted molar refractivity (Wildman–Crippen MR) is 162 cm³/mol. The number of aromatic nitrogens is 1. The second kappa shape index (κ2) is 14.8. The number of likely N-dealkylation sites (tertiary alicyclic amines) is 1. The third kappa shape index (κ3) is 7.88. The zero-order chi connectivity index (χ0) is 34.5. The summed E-state index contributed by atoms with van der Waals surface area (Å²) in [4.78, 5) is 83.3. The van der Waals surface area contributed by atoms with Gasteiger partial charge < -0.3 is 40.3 Å². The third-order valence-corrected chi connectivity index (χ3v) is 8.84. The molecule has 5 rings (SSSR count). The number of carboxylic acid groups (broad SMARTS) is 2. The van der Waals surface area contributed by atoms with Gasteiger partial charge in [-0.2, -0.15) is 0 Å². The van der Waals surface area contributed by atoms with E-state index in [1.165, 1.54) is 9.80 Å². The van der Waals surface area contributed by atoms with Crippen LogP contribution >= 0.6 is 0 Å². The number of ether oxygens (including phenoxy) is 1. The Balaban J connectivity index is 1.33. The van der Waals surface area contributed by atoms with E-state index < -0.39 is 72.2 Å². The van der Waals surface area contributed by atoms with E-state index in [9.17, 15) is 47.8 Å². The minimum absolute atomic E-state index is 0.0236. The first kappa shape index (κ1) is 34.3. The molecule has 0 unspecified atom stereocenters. The van der Waals surface area contributed by atoms with E-state index in [0.717, 1.165) is 42.4 Å². The molecule has 3 heterocycles. The van der Waals surface area contributed by atoms with Gasteiger partial charge in [-0.05, 0) is 44.6 Å². The van der Waals surface area contributed by atoms with Crippen LogP contribution in [0.5, 0.6) is 5.75 Å². The Hall–Kier alpha value is -5.09. The van der Waals surface area contributed by atoms with E-state index in [1.54, 1.807) is 0 Å². The zero-order valence-corrected chi connectivity index (χ0v) is 26.0. The van der Waals surface area contributed by atoms with Gasteiger partial charge in [0.2, 0.25) is 11.8 Å². The van der Waals surface area contributed by atoms with Gasteiger partial charge in [0.15, 0.2) is 18.2 Å². The standard InChI is InChI=1S/C31H36F2N6O9/c32-19-13-18-22(14-20(19)33)35-23(15-25(18)48-16-26(40)39-8-2-5-24(39)29(44)34-17-3-1-4-17)28(43)36-21(6-7-27(41)42)30(45)37-9-11-38(12-10-37)31(46)47/h13-15,17,21,24H,1-12,16H2,(H,34,44)(H,36,43)(H,41,42)(H,46,47)/t21-,24-/m0/s1. The Kier molecular flexibility index (Phi) is 10.5. The summed E-state index contributed by atoms with van der Waals surface area (Å²) in [6.45, 7) is -0.164. The quantitative estimate of drug-likeness (QED) is 0.270. The molecule has 0 spiro atoms. The molecule has 1 aromatic heterocycles. The van der Waals surface area contributed by atoms with E-state index in [-0.39, 0.29) is 61.2 Å². The van der Waals surface area contributed by atoms with Gasteiger partial charge in [-0.1, -0.05) is 0 Å². The average Bonchev–Trinajstić information content (AvgIpc) is 3.54. The topological polar surface area (TPSA) is 199 Å². The number of carbonyl (C=O) groups excluding carboxylic acids is 4. The molecule has 2 aromatic rings. The summed E-state index contributed by atoms with van der Waals surface area (Å²) >= 11 is 0. The summed E-state index contributed by atoms with van der Waals surface area (Å²) in [5, 5.41) is 23.8. The summed E-state index contributed by atoms with van der Waals surface area (Å²) in [5.74, 6) is -6.26. The number of halogens is 2. The van der Waals surface area contributed by atoms with Crippen molar-refractivity contribution in [3.63, 3.8) is 0 Å². The molecule has 1 aliphatic carbocycles. The average molecular weight is 675 g/mol. The number of carbonyl (C=O) groups is 6. The number of nitrogens with zero attached hydrogens (tertiary/aromatic N) is 4. The fourth-order valence-electron chi connectivity index (χ4n) is 5.93. The van der Waals surface area contributed by atoms with E-state index >= 15 is 0 Å². The summed E-state index contributed by atoms with van der Waals surface area (Å²) < 4.78 is 34.3. The summed E-state index contributed by atoms with van der Waals surface area (Å²) in [7, 11) is 0. The molecule has 3 fully saturated rings. The number of fused-ring (bicyclic) bond motifs is 1. The van der Waals surface area contributed by atoms with Crippen molar-refractivity contribution in [1.29, 1.82) is 0 Å². The highest BCUT2D eigenvalue weighted by Gasteiger charge is 2.36. The van der Waals surface area contributed by atoms with Gasteiger partial charge in [0.05, 0.1) is 5.52 Å². The summed E-state index contributed by atoms with van der Waals surface area (Å²) in [5.41, 5.74) is -0.583. The van der Waals surface area contributed by atoms with Gasteiger partial charge in [-0.25, -0.2) is 18.6 Å². The van der Waals surface area contributed by atoms with Crippen LogP contribution in [0.3, 0.4) is 0 Å². The molecule has 1 saturated carbocycles. The van der Waals surface area contributed by atoms with E-state index in [2.05, 4.69) is 15.6 Å². The van der Waals surface area contributed by atoms with Crippen LogP contribution in [-0.2, 0) is 19.2 Å². The van der Waals surface area contributed by atoms with E-state index in [4.69, 9.17) is 4.74 Å². The first-order valence-corrected chi connectivity index (χ1v) is 15.7. The monoisotopic (exact) mass is 674 g/mol. The normalized spacial score (nSPS) is 18.6. The second-order valence-electron chi connectivity index (χ2n) is 12.0. The van der Waals surface area contributed by atoms with Crippen LogP contribution in [-0.4, -0.2) is 123 Å². The second-order valence-corrected chi connectivity index (χ2v) is 12.0. The lowest BCUT2D eigenvalue weighted by atomic mass is 9.93. The van der Waals surface area contributed by atoms with Crippen molar-refractivity contribution in [2.24, 2.45) is 0 Å². The van der Waals surface area contributed by atoms with Crippen LogP contribution < -0.4 is 15.4 Å². The van der Waals surface area contributed by atoms with Crippen LogP contribution in [0.4, 0.5) is 13.6 Å². The molecule has 15 nitrogen and oxygen atoms in total. The maximum Gasteiger partial charge on any atom is 0.407 e. The zero-order valence-electron chi connectivity index (χ0n) is 26.0. The number of amides is 5. The Morgan fingerprint density at radius 3 is 2.25 bits per heavy atom. The Morgan fingerprint density at radius 1 is 0.917 bits per heavy atom. The fraction of sp³-hybridized carbons (Fsp3) is 0.516. The smallest absolute Gasteiger partial charge is 0.407 e. The number of hydrogen-bond acceptors (Lipinski definition) is 8. The lowest BCUT2D eigenvalue weighted by Crippen LogP contribution is -2.55. The Morgan fingerprint density at radius 2 is 1.60 bits per heavy atom. The number of nitrogens with one attached hydrogen (secondary N) is 2. The molecule has 2 saturated heterocycles. The van der Waals surface area contributed by atoms with Crippen LogP contribution in [0.1, 0.15) is 55.4 Å². The molecule has 4 N–H and O–H groups in total. The van der Waals surface area contributed by atoms with Crippen molar-refractivity contribution in [3.05, 3.63) is 35.5 Å². The largest absolute Gasteiger partial charge is 0.483 e. The van der Waals surface area contributed by atoms with Crippen molar-refractivity contribution < 1.29 is 52.5 Å². The molecule has 1 aromatic carbocycles. The molecule has 258 valence electrons. The lowest BCUT2D eigenvalue weighted by Gasteiger charge is -2.35. The lowest BCUT2D eigenvalue weighted by molar-refractivity contribution is -0.140. The molecule has 2 aliphatic heterocycles. The number of aliphatic carboxylic acids is 1. The van der Waals surface area contributed by atoms with Crippen LogP contribution in [0.2, 0.25) is 0 Å². The van der Waals surface area contributed by atoms with Crippen molar-refractivity contribution in [1.82, 2.24) is 30.3 Å². The first-order chi connectivity index (χ1) is 22.9. The number of pyridine rings is 1. The molecule has 5 amide bonds. The highest BCUT2D eigenvalue weighted by molar-refractivity contribution is 5.99. The molecular weight excluding hydrogens is 638 g/mol. The minimum atomic E-state index is -1.34. The fourth-order valence-corrected chi connectivity index (χ4v) is 5.93. The first-order valence-electron chi connectivity index (χ1n) is 15.7. The molecular formula is C31H36F2N6O9. The molecule has 17 heteroatoms. The maximum absolute atomic E-state index is 14.3. The Labute approximate surface area is 273 Å². The third-order valence-electron chi connectivity index (χ3n) is 8.84. The van der Waals surface area contributed by atoms with E-state index in [1.807, 2.05) is 0 Å². The van der Waals surface area contributed by atoms with Crippen molar-refractivity contribution in [3.8, 4) is 5.75 Å². The number of benzene rings is 1. The van der Waals surface area contributed by atoms with Crippen LogP contribution in [0.25, 0.3) is 10.9 Å². The van der Waals surface area contributed by atoms with Crippen molar-refractivity contribution >= 4 is 46.6 Å². The molecule has 3 aliphatic rings. The van der Waals surface area contributed by atoms with Gasteiger partial charge in [0.1, 0.15) is 23.5 Å². The van der Waals surface area contributed by atoms with Gasteiger partial charge in [0.25, 0.3) is 11.8 Å². The predicted octanol–water partition coefficient (Wildman–Crippen LogP) is 1.34. The number of piperazine rings is 1.